The van der Waals surface area contributed by atoms with Crippen LogP contribution in [0.25, 0.3) is 11.1 Å². The van der Waals surface area contributed by atoms with Crippen LogP contribution in [0, 0.1) is 17.6 Å². The van der Waals surface area contributed by atoms with Crippen LogP contribution in [0.2, 0.25) is 0 Å². The Bertz CT molecular complexity index is 1640. The molecule has 2 aliphatic rings. The number of rotatable bonds is 7. The van der Waals surface area contributed by atoms with Crippen LogP contribution in [0.4, 0.5) is 33.3 Å². The Morgan fingerprint density at radius 3 is 2.25 bits per heavy atom. The van der Waals surface area contributed by atoms with E-state index in [4.69, 9.17) is 0 Å². The molecule has 0 unspecified atom stereocenters. The maximum atomic E-state index is 15.7. The lowest BCUT2D eigenvalue weighted by Gasteiger charge is -2.44. The summed E-state index contributed by atoms with van der Waals surface area (Å²) in [5.74, 6) is -3.03. The quantitative estimate of drug-likeness (QED) is 0.315. The number of likely N-dealkylation sites (N-methyl/N-ethyl adjacent to an activating group) is 1. The molecule has 1 saturated heterocycles. The van der Waals surface area contributed by atoms with Crippen molar-refractivity contribution < 1.29 is 31.5 Å². The predicted molar refractivity (Wildman–Crippen MR) is 156 cm³/mol. The van der Waals surface area contributed by atoms with Gasteiger partial charge >= 0.3 is 6.18 Å². The monoisotopic (exact) mass is 617 g/mol. The number of aromatic amines is 1. The van der Waals surface area contributed by atoms with Gasteiger partial charge in [0.25, 0.3) is 11.8 Å². The van der Waals surface area contributed by atoms with Crippen LogP contribution in [0.5, 0.6) is 0 Å². The number of pyridine rings is 1. The van der Waals surface area contributed by atoms with Crippen molar-refractivity contribution in [3.8, 4) is 11.1 Å². The molecule has 3 N–H and O–H groups in total. The van der Waals surface area contributed by atoms with Gasteiger partial charge in [0.05, 0.1) is 28.1 Å². The fourth-order valence-corrected chi connectivity index (χ4v) is 5.35. The molecular weight excluding hydrogens is 585 g/mol. The van der Waals surface area contributed by atoms with E-state index in [1.807, 2.05) is 25.8 Å². The standard InChI is InChI=1S/C31H32F5N5O3/c1-16-14-41(15-17(2)40(16)3)27-11-25(33)21(19-6-7-20(24(32)8-19)29(43)38-12-18-4-5-18)9-26(27)39-30(44)22-13-37-28(42)10-23(22)31(34,35)36/h6-11,13,16-18H,4-5,12,14-15H2,1-3H3,(H,37,42)(H,38,43)(H,39,44)/t16-,17+. The van der Waals surface area contributed by atoms with Crippen LogP contribution < -0.4 is 21.1 Å². The first-order chi connectivity index (χ1) is 20.7. The summed E-state index contributed by atoms with van der Waals surface area (Å²) in [6.07, 6.45) is -2.32. The Labute approximate surface area is 250 Å². The second kappa shape index (κ2) is 12.0. The van der Waals surface area contributed by atoms with Crippen LogP contribution in [-0.4, -0.2) is 60.5 Å². The second-order valence-electron chi connectivity index (χ2n) is 11.5. The zero-order chi connectivity index (χ0) is 31.9. The van der Waals surface area contributed by atoms with Crippen molar-refractivity contribution in [1.29, 1.82) is 0 Å². The van der Waals surface area contributed by atoms with Crippen LogP contribution in [0.1, 0.15) is 53.0 Å². The molecule has 1 aliphatic carbocycles. The topological polar surface area (TPSA) is 97.5 Å². The van der Waals surface area contributed by atoms with Crippen LogP contribution in [-0.2, 0) is 6.18 Å². The molecule has 234 valence electrons. The molecule has 2 heterocycles. The minimum absolute atomic E-state index is 0.0126. The fraction of sp³-hybridized carbons (Fsp3) is 0.387. The van der Waals surface area contributed by atoms with E-state index in [2.05, 4.69) is 20.5 Å². The summed E-state index contributed by atoms with van der Waals surface area (Å²) in [6.45, 7) is 5.22. The van der Waals surface area contributed by atoms with Gasteiger partial charge < -0.3 is 20.5 Å². The Hall–Kier alpha value is -4.26. The molecule has 0 radical (unpaired) electrons. The number of alkyl halides is 3. The summed E-state index contributed by atoms with van der Waals surface area (Å²) in [5.41, 5.74) is -3.38. The summed E-state index contributed by atoms with van der Waals surface area (Å²) in [5, 5.41) is 5.15. The van der Waals surface area contributed by atoms with E-state index in [0.29, 0.717) is 37.8 Å². The van der Waals surface area contributed by atoms with Crippen molar-refractivity contribution in [1.82, 2.24) is 15.2 Å². The molecule has 2 aromatic carbocycles. The molecule has 2 fully saturated rings. The van der Waals surface area contributed by atoms with E-state index < -0.39 is 46.3 Å². The molecule has 2 amide bonds. The first kappa shape index (κ1) is 31.2. The van der Waals surface area contributed by atoms with Gasteiger partial charge in [0.1, 0.15) is 11.6 Å². The first-order valence-electron chi connectivity index (χ1n) is 14.2. The molecule has 44 heavy (non-hydrogen) atoms. The van der Waals surface area contributed by atoms with Gasteiger partial charge in [-0.15, -0.1) is 0 Å². The Kier molecular flexibility index (Phi) is 8.52. The molecule has 0 bridgehead atoms. The zero-order valence-corrected chi connectivity index (χ0v) is 24.3. The lowest BCUT2D eigenvalue weighted by Crippen LogP contribution is -2.55. The maximum absolute atomic E-state index is 15.7. The minimum Gasteiger partial charge on any atom is -0.367 e. The van der Waals surface area contributed by atoms with E-state index in [1.54, 1.807) is 0 Å². The molecule has 0 spiro atoms. The highest BCUT2D eigenvalue weighted by atomic mass is 19.4. The number of amides is 2. The van der Waals surface area contributed by atoms with Crippen LogP contribution in [0.3, 0.4) is 0 Å². The van der Waals surface area contributed by atoms with Crippen LogP contribution >= 0.6 is 0 Å². The summed E-state index contributed by atoms with van der Waals surface area (Å²) in [6, 6.07) is 6.32. The predicted octanol–water partition coefficient (Wildman–Crippen LogP) is 5.26. The normalized spacial score (nSPS) is 19.1. The summed E-state index contributed by atoms with van der Waals surface area (Å²) in [7, 11) is 1.94. The van der Waals surface area contributed by atoms with Crippen molar-refractivity contribution in [3.05, 3.63) is 81.3 Å². The number of halogens is 5. The third kappa shape index (κ3) is 6.62. The van der Waals surface area contributed by atoms with Gasteiger partial charge in [-0.2, -0.15) is 13.2 Å². The Balaban J connectivity index is 1.54. The molecule has 2 atom stereocenters. The molecule has 1 aliphatic heterocycles. The van der Waals surface area contributed by atoms with E-state index in [0.717, 1.165) is 25.0 Å². The average molecular weight is 618 g/mol. The number of hydrogen-bond acceptors (Lipinski definition) is 5. The highest BCUT2D eigenvalue weighted by Crippen LogP contribution is 2.38. The number of benzene rings is 2. The van der Waals surface area contributed by atoms with Gasteiger partial charge in [0.2, 0.25) is 5.56 Å². The molecule has 3 aromatic rings. The van der Waals surface area contributed by atoms with Crippen molar-refractivity contribution >= 4 is 23.2 Å². The molecule has 1 aromatic heterocycles. The number of piperazine rings is 1. The number of nitrogens with zero attached hydrogens (tertiary/aromatic N) is 2. The van der Waals surface area contributed by atoms with Gasteiger partial charge in [-0.05, 0) is 69.5 Å². The Morgan fingerprint density at radius 2 is 1.64 bits per heavy atom. The number of carbonyl (C=O) groups is 2. The van der Waals surface area contributed by atoms with Crippen molar-refractivity contribution in [2.24, 2.45) is 5.92 Å². The average Bonchev–Trinajstić information content (AvgIpc) is 3.79. The molecule has 13 heteroatoms. The fourth-order valence-electron chi connectivity index (χ4n) is 5.35. The lowest BCUT2D eigenvalue weighted by atomic mass is 9.99. The van der Waals surface area contributed by atoms with Crippen molar-refractivity contribution in [3.63, 3.8) is 0 Å². The zero-order valence-electron chi connectivity index (χ0n) is 24.3. The van der Waals surface area contributed by atoms with E-state index in [-0.39, 0.29) is 40.1 Å². The third-order valence-electron chi connectivity index (χ3n) is 8.28. The highest BCUT2D eigenvalue weighted by molar-refractivity contribution is 6.07. The Morgan fingerprint density at radius 1 is 0.955 bits per heavy atom. The number of carbonyl (C=O) groups excluding carboxylic acids is 2. The third-order valence-corrected chi connectivity index (χ3v) is 8.28. The van der Waals surface area contributed by atoms with Gasteiger partial charge in [-0.25, -0.2) is 8.78 Å². The number of H-pyrrole nitrogens is 1. The van der Waals surface area contributed by atoms with Crippen LogP contribution in [0.15, 0.2) is 47.4 Å². The summed E-state index contributed by atoms with van der Waals surface area (Å²) >= 11 is 0. The van der Waals surface area contributed by atoms with Gasteiger partial charge in [0.15, 0.2) is 0 Å². The van der Waals surface area contributed by atoms with E-state index in [9.17, 15) is 27.6 Å². The highest BCUT2D eigenvalue weighted by Gasteiger charge is 2.36. The van der Waals surface area contributed by atoms with Crippen molar-refractivity contribution in [2.45, 2.75) is 44.9 Å². The largest absolute Gasteiger partial charge is 0.417 e. The van der Waals surface area contributed by atoms with E-state index in [1.165, 1.54) is 18.2 Å². The van der Waals surface area contributed by atoms with Gasteiger partial charge in [0, 0.05) is 49.5 Å². The molecule has 8 nitrogen and oxygen atoms in total. The maximum Gasteiger partial charge on any atom is 0.417 e. The van der Waals surface area contributed by atoms with Crippen molar-refractivity contribution in [2.75, 3.05) is 36.9 Å². The smallest absolute Gasteiger partial charge is 0.367 e. The summed E-state index contributed by atoms with van der Waals surface area (Å²) < 4.78 is 72.0. The lowest BCUT2D eigenvalue weighted by molar-refractivity contribution is -0.138. The van der Waals surface area contributed by atoms with E-state index >= 15 is 8.78 Å². The van der Waals surface area contributed by atoms with Gasteiger partial charge in [-0.1, -0.05) is 6.07 Å². The SMILES string of the molecule is C[C@@H]1CN(c2cc(F)c(-c3ccc(C(=O)NCC4CC4)c(F)c3)cc2NC(=O)c2c[nH]c(=O)cc2C(F)(F)F)C[C@H](C)N1C. The minimum atomic E-state index is -5.00. The molecule has 1 saturated carbocycles. The second-order valence-corrected chi connectivity index (χ2v) is 11.5. The molecule has 5 rings (SSSR count). The molecular formula is C31H32F5N5O3. The first-order valence-corrected chi connectivity index (χ1v) is 14.2. The van der Waals surface area contributed by atoms with Gasteiger partial charge in [-0.3, -0.25) is 19.3 Å². The summed E-state index contributed by atoms with van der Waals surface area (Å²) in [4.78, 5) is 43.4. The number of hydrogen-bond donors (Lipinski definition) is 3. The number of nitrogens with one attached hydrogen (secondary N) is 3. The number of aromatic nitrogens is 1. The number of anilines is 2.